The number of rotatable bonds is 8. The minimum atomic E-state index is -1.87. The van der Waals surface area contributed by atoms with E-state index in [1.54, 1.807) is 0 Å². The van der Waals surface area contributed by atoms with Gasteiger partial charge in [0.25, 0.3) is 5.91 Å². The molecular weight excluding hydrogens is 544 g/mol. The number of nitrogens with zero attached hydrogens (tertiary/aromatic N) is 4. The Morgan fingerprint density at radius 3 is 2.52 bits per heavy atom. The van der Waals surface area contributed by atoms with Gasteiger partial charge >= 0.3 is 0 Å². The van der Waals surface area contributed by atoms with Gasteiger partial charge in [0.1, 0.15) is 11.8 Å². The summed E-state index contributed by atoms with van der Waals surface area (Å²) in [6.45, 7) is 8.18. The number of amides is 1. The van der Waals surface area contributed by atoms with Crippen molar-refractivity contribution in [2.75, 3.05) is 14.2 Å². The third-order valence-electron chi connectivity index (χ3n) is 12.3. The van der Waals surface area contributed by atoms with Gasteiger partial charge in [-0.1, -0.05) is 57.3 Å². The van der Waals surface area contributed by atoms with E-state index in [9.17, 15) is 9.90 Å². The lowest BCUT2D eigenvalue weighted by Gasteiger charge is -2.45. The molecule has 5 aliphatic rings. The van der Waals surface area contributed by atoms with E-state index in [1.165, 1.54) is 43.4 Å². The fraction of sp³-hybridized carbons (Fsp3) is 0.848. The van der Waals surface area contributed by atoms with Crippen LogP contribution in [0.1, 0.15) is 109 Å². The Bertz CT molecular complexity index is 1150. The summed E-state index contributed by atoms with van der Waals surface area (Å²) in [5, 5.41) is 19.9. The second kappa shape index (κ2) is 12.1. The van der Waals surface area contributed by atoms with Crippen LogP contribution in [0.3, 0.4) is 0 Å². The number of aliphatic hydroxyl groups is 1. The van der Waals surface area contributed by atoms with Gasteiger partial charge in [-0.25, -0.2) is 0 Å². The molecule has 1 spiro atoms. The van der Waals surface area contributed by atoms with Crippen LogP contribution in [0, 0.1) is 11.8 Å². The molecule has 3 fully saturated rings. The number of hydrogen-bond acceptors (Lipinski definition) is 6. The van der Waals surface area contributed by atoms with Gasteiger partial charge in [0.15, 0.2) is 5.60 Å². The molecule has 1 aromatic heterocycles. The maximum atomic E-state index is 14.2. The average Bonchev–Trinajstić information content (AvgIpc) is 3.67. The van der Waals surface area contributed by atoms with Crippen LogP contribution >= 0.6 is 0 Å². The van der Waals surface area contributed by atoms with E-state index in [2.05, 4.69) is 30.3 Å². The van der Waals surface area contributed by atoms with E-state index in [0.717, 1.165) is 57.8 Å². The molecule has 3 aliphatic carbocycles. The third kappa shape index (κ3) is 5.14. The Morgan fingerprint density at radius 2 is 1.81 bits per heavy atom. The van der Waals surface area contributed by atoms with Crippen LogP contribution in [0.15, 0.2) is 17.5 Å². The van der Waals surface area contributed by atoms with Crippen LogP contribution in [-0.4, -0.2) is 70.9 Å². The van der Waals surface area contributed by atoms with Crippen molar-refractivity contribution in [3.63, 3.8) is 0 Å². The fourth-order valence-corrected chi connectivity index (χ4v) is 15.0. The molecule has 9 heteroatoms. The molecule has 2 saturated carbocycles. The first-order valence-corrected chi connectivity index (χ1v) is 20.1. The number of fused-ring (bicyclic) bond motifs is 1. The molecule has 0 unspecified atom stereocenters. The van der Waals surface area contributed by atoms with Gasteiger partial charge in [-0.15, -0.1) is 5.10 Å². The molecule has 3 heterocycles. The van der Waals surface area contributed by atoms with Gasteiger partial charge in [-0.2, -0.15) is 0 Å². The predicted molar refractivity (Wildman–Crippen MR) is 165 cm³/mol. The van der Waals surface area contributed by atoms with Crippen molar-refractivity contribution in [2.24, 2.45) is 11.8 Å². The summed E-state index contributed by atoms with van der Waals surface area (Å²) in [7, 11) is 1.95. The standard InChI is InChI=1S/C33H54N4O4Si/c1-22-31(42(4,5)25-17-15-24(40-3)16-18-25)29(41-33(22)26-13-9-10-14-28(26)36(2)32(33)39)19-20-37-21-27(34-35-37)30(38)23-11-7-6-8-12-23/h21-25,29-31,38H,6-20H2,1-5H3/t22-,24?,25?,29+,30+,31-,33+/m0/s1. The van der Waals surface area contributed by atoms with Crippen LogP contribution in [0.5, 0.6) is 0 Å². The Hall–Kier alpha value is -1.55. The summed E-state index contributed by atoms with van der Waals surface area (Å²) in [4.78, 5) is 16.1. The Balaban J connectivity index is 1.26. The van der Waals surface area contributed by atoms with E-state index in [-0.39, 0.29) is 23.8 Å². The van der Waals surface area contributed by atoms with E-state index in [4.69, 9.17) is 9.47 Å². The van der Waals surface area contributed by atoms with Crippen molar-refractivity contribution in [3.05, 3.63) is 23.2 Å². The zero-order chi connectivity index (χ0) is 29.6. The van der Waals surface area contributed by atoms with Gasteiger partial charge in [0.05, 0.1) is 26.5 Å². The van der Waals surface area contributed by atoms with Gasteiger partial charge in [0, 0.05) is 32.3 Å². The number of likely N-dealkylation sites (N-methyl/N-ethyl adjacent to an activating group) is 1. The van der Waals surface area contributed by atoms with Gasteiger partial charge in [-0.05, 0) is 80.4 Å². The van der Waals surface area contributed by atoms with Crippen LogP contribution in [0.4, 0.5) is 0 Å². The Labute approximate surface area is 253 Å². The lowest BCUT2D eigenvalue weighted by molar-refractivity contribution is -0.148. The van der Waals surface area contributed by atoms with E-state index >= 15 is 0 Å². The van der Waals surface area contributed by atoms with Crippen molar-refractivity contribution in [1.29, 1.82) is 0 Å². The molecule has 6 rings (SSSR count). The molecule has 1 aromatic rings. The highest BCUT2D eigenvalue weighted by molar-refractivity contribution is 6.80. The van der Waals surface area contributed by atoms with Gasteiger partial charge in [0.2, 0.25) is 0 Å². The number of hydrogen-bond donors (Lipinski definition) is 1. The predicted octanol–water partition coefficient (Wildman–Crippen LogP) is 6.39. The molecule has 0 aromatic carbocycles. The number of methoxy groups -OCH3 is 1. The summed E-state index contributed by atoms with van der Waals surface area (Å²) in [5.41, 5.74) is 3.49. The summed E-state index contributed by atoms with van der Waals surface area (Å²) < 4.78 is 14.9. The average molecular weight is 599 g/mol. The minimum absolute atomic E-state index is 0.00357. The second-order valence-corrected chi connectivity index (χ2v) is 19.9. The zero-order valence-electron chi connectivity index (χ0n) is 26.7. The number of aryl methyl sites for hydroxylation is 1. The topological polar surface area (TPSA) is 89.7 Å². The van der Waals surface area contributed by atoms with E-state index < -0.39 is 19.8 Å². The van der Waals surface area contributed by atoms with Gasteiger partial charge in [-0.3, -0.25) is 9.48 Å². The Kier molecular flexibility index (Phi) is 8.77. The van der Waals surface area contributed by atoms with Crippen molar-refractivity contribution in [2.45, 2.75) is 151 Å². The lowest BCUT2D eigenvalue weighted by Crippen LogP contribution is -2.49. The molecule has 8 nitrogen and oxygen atoms in total. The number of ether oxygens (including phenoxy) is 2. The summed E-state index contributed by atoms with van der Waals surface area (Å²) in [5.74, 6) is 0.612. The number of aromatic nitrogens is 3. The van der Waals surface area contributed by atoms with Crippen LogP contribution in [0.2, 0.25) is 24.2 Å². The number of allylic oxidation sites excluding steroid dienone is 1. The number of aliphatic hydroxyl groups excluding tert-OH is 1. The molecule has 234 valence electrons. The number of carbonyl (C=O) groups is 1. The first-order chi connectivity index (χ1) is 20.2. The molecular formula is C33H54N4O4Si. The van der Waals surface area contributed by atoms with Crippen molar-refractivity contribution in [1.82, 2.24) is 19.9 Å². The van der Waals surface area contributed by atoms with Crippen molar-refractivity contribution < 1.29 is 19.4 Å². The van der Waals surface area contributed by atoms with Crippen LogP contribution in [-0.2, 0) is 20.8 Å². The normalized spacial score (nSPS) is 35.3. The molecule has 1 saturated heterocycles. The smallest absolute Gasteiger partial charge is 0.263 e. The molecule has 0 radical (unpaired) electrons. The van der Waals surface area contributed by atoms with Crippen molar-refractivity contribution >= 4 is 14.0 Å². The highest BCUT2D eigenvalue weighted by Gasteiger charge is 2.66. The fourth-order valence-electron chi connectivity index (χ4n) is 9.93. The molecule has 1 N–H and O–H groups in total. The summed E-state index contributed by atoms with van der Waals surface area (Å²) in [6, 6.07) is 0. The van der Waals surface area contributed by atoms with Crippen molar-refractivity contribution in [3.8, 4) is 0 Å². The van der Waals surface area contributed by atoms with Gasteiger partial charge < -0.3 is 19.5 Å². The van der Waals surface area contributed by atoms with E-state index in [1.807, 2.05) is 29.9 Å². The quantitative estimate of drug-likeness (QED) is 0.349. The molecule has 5 atom stereocenters. The lowest BCUT2D eigenvalue weighted by atomic mass is 9.78. The molecule has 42 heavy (non-hydrogen) atoms. The maximum absolute atomic E-state index is 14.2. The zero-order valence-corrected chi connectivity index (χ0v) is 27.7. The summed E-state index contributed by atoms with van der Waals surface area (Å²) >= 11 is 0. The number of carbonyl (C=O) groups excluding carboxylic acids is 1. The monoisotopic (exact) mass is 598 g/mol. The van der Waals surface area contributed by atoms with Crippen LogP contribution < -0.4 is 0 Å². The SMILES string of the molecule is COC1CCC([Si](C)(C)[C@@H]2[C@@H](CCn3cc([C@H](O)C4CCCCC4)nn3)O[C@]3(C(=O)N(C)C4=C3CCCC4)[C@H]2C)CC1. The highest BCUT2D eigenvalue weighted by atomic mass is 28.3. The molecule has 1 amide bonds. The highest BCUT2D eigenvalue weighted by Crippen LogP contribution is 2.61. The largest absolute Gasteiger partial charge is 0.386 e. The third-order valence-corrected chi connectivity index (χ3v) is 17.6. The minimum Gasteiger partial charge on any atom is -0.386 e. The van der Waals surface area contributed by atoms with E-state index in [0.29, 0.717) is 29.4 Å². The summed E-state index contributed by atoms with van der Waals surface area (Å²) in [6.07, 6.45) is 17.3. The first-order valence-electron chi connectivity index (χ1n) is 17.0. The first kappa shape index (κ1) is 30.5. The molecule has 2 aliphatic heterocycles. The Morgan fingerprint density at radius 1 is 1.10 bits per heavy atom. The van der Waals surface area contributed by atoms with Crippen LogP contribution in [0.25, 0.3) is 0 Å². The molecule has 0 bridgehead atoms. The maximum Gasteiger partial charge on any atom is 0.263 e. The second-order valence-electron chi connectivity index (χ2n) is 14.8.